The van der Waals surface area contributed by atoms with Crippen molar-refractivity contribution in [2.75, 3.05) is 13.2 Å². The maximum atomic E-state index is 11.4. The number of hydrogen-bond donors (Lipinski definition) is 1. The fourth-order valence-electron chi connectivity index (χ4n) is 1.44. The van der Waals surface area contributed by atoms with E-state index in [1.54, 1.807) is 12.1 Å². The topological polar surface area (TPSA) is 55.4 Å². The van der Waals surface area contributed by atoms with Gasteiger partial charge in [-0.2, -0.15) is 0 Å². The summed E-state index contributed by atoms with van der Waals surface area (Å²) in [5.41, 5.74) is 0.518. The number of halogens is 1. The number of rotatable bonds is 7. The summed E-state index contributed by atoms with van der Waals surface area (Å²) in [5, 5.41) is 3.07. The number of amides is 1. The van der Waals surface area contributed by atoms with Crippen LogP contribution in [0.5, 0.6) is 5.75 Å². The van der Waals surface area contributed by atoms with Gasteiger partial charge in [-0.3, -0.25) is 9.59 Å². The van der Waals surface area contributed by atoms with Crippen molar-refractivity contribution in [3.05, 3.63) is 28.8 Å². The first-order valence-electron chi connectivity index (χ1n) is 6.24. The second kappa shape index (κ2) is 7.79. The van der Waals surface area contributed by atoms with Gasteiger partial charge in [-0.1, -0.05) is 24.9 Å². The lowest BCUT2D eigenvalue weighted by Crippen LogP contribution is -2.29. The van der Waals surface area contributed by atoms with Crippen molar-refractivity contribution in [2.24, 2.45) is 0 Å². The van der Waals surface area contributed by atoms with Crippen LogP contribution in [0.15, 0.2) is 18.2 Å². The molecule has 0 unspecified atom stereocenters. The Bertz CT molecular complexity index is 460. The smallest absolute Gasteiger partial charge is 0.257 e. The van der Waals surface area contributed by atoms with E-state index in [4.69, 9.17) is 16.3 Å². The summed E-state index contributed by atoms with van der Waals surface area (Å²) in [6.45, 7) is 4.09. The van der Waals surface area contributed by atoms with Crippen molar-refractivity contribution in [3.8, 4) is 5.75 Å². The molecule has 5 heteroatoms. The van der Waals surface area contributed by atoms with Gasteiger partial charge in [0.1, 0.15) is 5.75 Å². The Balaban J connectivity index is 2.49. The fraction of sp³-hybridized carbons (Fsp3) is 0.429. The van der Waals surface area contributed by atoms with Crippen LogP contribution in [-0.4, -0.2) is 24.8 Å². The van der Waals surface area contributed by atoms with Crippen molar-refractivity contribution in [1.82, 2.24) is 5.32 Å². The molecule has 0 saturated heterocycles. The van der Waals surface area contributed by atoms with E-state index in [0.29, 0.717) is 22.9 Å². The lowest BCUT2D eigenvalue weighted by molar-refractivity contribution is -0.123. The van der Waals surface area contributed by atoms with E-state index in [0.717, 1.165) is 12.8 Å². The normalized spacial score (nSPS) is 10.1. The first-order valence-corrected chi connectivity index (χ1v) is 6.62. The molecule has 0 aliphatic heterocycles. The molecule has 0 aliphatic carbocycles. The van der Waals surface area contributed by atoms with Gasteiger partial charge in [0.25, 0.3) is 5.91 Å². The number of carbonyl (C=O) groups is 2. The summed E-state index contributed by atoms with van der Waals surface area (Å²) < 4.78 is 5.31. The molecule has 0 fully saturated rings. The van der Waals surface area contributed by atoms with Crippen molar-refractivity contribution in [2.45, 2.75) is 26.7 Å². The number of ketones is 1. The maximum Gasteiger partial charge on any atom is 0.257 e. The average Bonchev–Trinajstić information content (AvgIpc) is 2.37. The SMILES string of the molecule is CCCCNC(=O)COc1ccc(C(C)=O)cc1Cl. The summed E-state index contributed by atoms with van der Waals surface area (Å²) in [5.74, 6) is 0.156. The van der Waals surface area contributed by atoms with Crippen LogP contribution in [0.1, 0.15) is 37.0 Å². The van der Waals surface area contributed by atoms with Gasteiger partial charge in [-0.15, -0.1) is 0 Å². The Hall–Kier alpha value is -1.55. The van der Waals surface area contributed by atoms with Gasteiger partial charge >= 0.3 is 0 Å². The van der Waals surface area contributed by atoms with Crippen LogP contribution in [0.4, 0.5) is 0 Å². The maximum absolute atomic E-state index is 11.4. The van der Waals surface area contributed by atoms with Crippen LogP contribution in [0, 0.1) is 0 Å². The number of benzene rings is 1. The Morgan fingerprint density at radius 3 is 2.68 bits per heavy atom. The number of nitrogens with one attached hydrogen (secondary N) is 1. The second-order valence-electron chi connectivity index (χ2n) is 4.19. The van der Waals surface area contributed by atoms with Gasteiger partial charge in [0.05, 0.1) is 5.02 Å². The monoisotopic (exact) mass is 283 g/mol. The minimum atomic E-state index is -0.180. The van der Waals surface area contributed by atoms with Gasteiger partial charge in [-0.25, -0.2) is 0 Å². The Kier molecular flexibility index (Phi) is 6.36. The minimum absolute atomic E-state index is 0.0641. The third-order valence-electron chi connectivity index (χ3n) is 2.55. The van der Waals surface area contributed by atoms with Crippen LogP contribution in [0.3, 0.4) is 0 Å². The third kappa shape index (κ3) is 5.30. The predicted molar refractivity (Wildman–Crippen MR) is 74.9 cm³/mol. The van der Waals surface area contributed by atoms with Crippen molar-refractivity contribution in [3.63, 3.8) is 0 Å². The second-order valence-corrected chi connectivity index (χ2v) is 4.60. The van der Waals surface area contributed by atoms with E-state index in [-0.39, 0.29) is 18.3 Å². The fourth-order valence-corrected chi connectivity index (χ4v) is 1.67. The lowest BCUT2D eigenvalue weighted by Gasteiger charge is -2.09. The molecule has 104 valence electrons. The molecule has 19 heavy (non-hydrogen) atoms. The van der Waals surface area contributed by atoms with Gasteiger partial charge in [0, 0.05) is 12.1 Å². The van der Waals surface area contributed by atoms with E-state index in [2.05, 4.69) is 12.2 Å². The van der Waals surface area contributed by atoms with E-state index in [1.165, 1.54) is 13.0 Å². The van der Waals surface area contributed by atoms with Crippen molar-refractivity contribution in [1.29, 1.82) is 0 Å². The molecule has 0 atom stereocenters. The summed E-state index contributed by atoms with van der Waals surface area (Å²) in [6.07, 6.45) is 1.97. The summed E-state index contributed by atoms with van der Waals surface area (Å²) >= 11 is 5.97. The first-order chi connectivity index (χ1) is 9.04. The molecule has 0 radical (unpaired) electrons. The van der Waals surface area contributed by atoms with Crippen LogP contribution < -0.4 is 10.1 Å². The highest BCUT2D eigenvalue weighted by atomic mass is 35.5. The van der Waals surface area contributed by atoms with Gasteiger partial charge in [0.2, 0.25) is 0 Å². The number of ether oxygens (including phenoxy) is 1. The molecule has 1 aromatic rings. The molecule has 1 rings (SSSR count). The highest BCUT2D eigenvalue weighted by Gasteiger charge is 2.08. The largest absolute Gasteiger partial charge is 0.482 e. The van der Waals surface area contributed by atoms with E-state index < -0.39 is 0 Å². The van der Waals surface area contributed by atoms with E-state index in [9.17, 15) is 9.59 Å². The molecule has 4 nitrogen and oxygen atoms in total. The number of carbonyl (C=O) groups excluding carboxylic acids is 2. The Labute approximate surface area is 118 Å². The third-order valence-corrected chi connectivity index (χ3v) is 2.85. The molecule has 0 heterocycles. The Morgan fingerprint density at radius 1 is 1.37 bits per heavy atom. The minimum Gasteiger partial charge on any atom is -0.482 e. The van der Waals surface area contributed by atoms with Gasteiger partial charge in [-0.05, 0) is 31.5 Å². The van der Waals surface area contributed by atoms with Gasteiger partial charge in [0.15, 0.2) is 12.4 Å². The zero-order chi connectivity index (χ0) is 14.3. The lowest BCUT2D eigenvalue weighted by atomic mass is 10.1. The number of hydrogen-bond acceptors (Lipinski definition) is 3. The first kappa shape index (κ1) is 15.5. The molecule has 0 saturated carbocycles. The van der Waals surface area contributed by atoms with Crippen LogP contribution in [0.2, 0.25) is 5.02 Å². The summed E-state index contributed by atoms with van der Waals surface area (Å²) in [7, 11) is 0. The standard InChI is InChI=1S/C14H18ClNO3/c1-3-4-7-16-14(18)9-19-13-6-5-11(10(2)17)8-12(13)15/h5-6,8H,3-4,7,9H2,1-2H3,(H,16,18). The van der Waals surface area contributed by atoms with Crippen LogP contribution >= 0.6 is 11.6 Å². The molecular formula is C14H18ClNO3. The Morgan fingerprint density at radius 2 is 2.11 bits per heavy atom. The summed E-state index contributed by atoms with van der Waals surface area (Å²) in [4.78, 5) is 22.6. The molecule has 1 aromatic carbocycles. The number of Topliss-reactive ketones (excluding diaryl/α,β-unsaturated/α-hetero) is 1. The molecule has 0 spiro atoms. The zero-order valence-electron chi connectivity index (χ0n) is 11.2. The zero-order valence-corrected chi connectivity index (χ0v) is 11.9. The number of unbranched alkanes of at least 4 members (excludes halogenated alkanes) is 1. The van der Waals surface area contributed by atoms with Crippen molar-refractivity contribution >= 4 is 23.3 Å². The van der Waals surface area contributed by atoms with E-state index in [1.807, 2.05) is 0 Å². The highest BCUT2D eigenvalue weighted by Crippen LogP contribution is 2.25. The molecule has 0 aliphatic rings. The summed E-state index contributed by atoms with van der Waals surface area (Å²) in [6, 6.07) is 4.76. The quantitative estimate of drug-likeness (QED) is 0.618. The predicted octanol–water partition coefficient (Wildman–Crippen LogP) is 2.84. The molecule has 0 bridgehead atoms. The molecule has 1 amide bonds. The molecule has 1 N–H and O–H groups in total. The van der Waals surface area contributed by atoms with Crippen molar-refractivity contribution < 1.29 is 14.3 Å². The molecule has 0 aromatic heterocycles. The highest BCUT2D eigenvalue weighted by molar-refractivity contribution is 6.32. The van der Waals surface area contributed by atoms with E-state index >= 15 is 0 Å². The van der Waals surface area contributed by atoms with Crippen LogP contribution in [0.25, 0.3) is 0 Å². The van der Waals surface area contributed by atoms with Gasteiger partial charge < -0.3 is 10.1 Å². The van der Waals surface area contributed by atoms with Crippen LogP contribution in [-0.2, 0) is 4.79 Å². The average molecular weight is 284 g/mol. The molecular weight excluding hydrogens is 266 g/mol.